The summed E-state index contributed by atoms with van der Waals surface area (Å²) in [7, 11) is 1.44. The van der Waals surface area contributed by atoms with Crippen molar-refractivity contribution in [1.29, 1.82) is 0 Å². The van der Waals surface area contributed by atoms with Crippen molar-refractivity contribution < 1.29 is 24.9 Å². The number of phenols is 2. The van der Waals surface area contributed by atoms with Gasteiger partial charge in [0.2, 0.25) is 0 Å². The van der Waals surface area contributed by atoms with Gasteiger partial charge in [-0.3, -0.25) is 4.79 Å². The topological polar surface area (TPSA) is 87.0 Å². The predicted octanol–water partition coefficient (Wildman–Crippen LogP) is 3.29. The molecule has 118 valence electrons. The molecule has 0 radical (unpaired) electrons. The molecule has 5 nitrogen and oxygen atoms in total. The van der Waals surface area contributed by atoms with Crippen LogP contribution in [0.3, 0.4) is 0 Å². The summed E-state index contributed by atoms with van der Waals surface area (Å²) in [6.45, 7) is 0. The van der Waals surface area contributed by atoms with Crippen molar-refractivity contribution in [2.24, 2.45) is 0 Å². The molecule has 0 aliphatic rings. The van der Waals surface area contributed by atoms with Gasteiger partial charge < -0.3 is 20.1 Å². The zero-order valence-corrected chi connectivity index (χ0v) is 12.4. The molecule has 0 bridgehead atoms. The lowest BCUT2D eigenvalue weighted by molar-refractivity contribution is -0.110. The van der Waals surface area contributed by atoms with Crippen LogP contribution in [0.5, 0.6) is 17.2 Å². The molecule has 5 heteroatoms. The van der Waals surface area contributed by atoms with Crippen molar-refractivity contribution in [2.75, 3.05) is 7.11 Å². The normalized spacial score (nSPS) is 11.6. The van der Waals surface area contributed by atoms with E-state index >= 15 is 0 Å². The summed E-state index contributed by atoms with van der Waals surface area (Å²) >= 11 is 0. The van der Waals surface area contributed by atoms with E-state index < -0.39 is 5.78 Å². The van der Waals surface area contributed by atoms with Crippen molar-refractivity contribution >= 4 is 17.6 Å². The van der Waals surface area contributed by atoms with Gasteiger partial charge in [0, 0.05) is 11.6 Å². The monoisotopic (exact) mass is 312 g/mol. The van der Waals surface area contributed by atoms with Gasteiger partial charge in [0.05, 0.1) is 7.11 Å². The van der Waals surface area contributed by atoms with E-state index in [-0.39, 0.29) is 17.3 Å². The molecule has 2 aromatic carbocycles. The molecule has 0 amide bonds. The van der Waals surface area contributed by atoms with E-state index in [2.05, 4.69) is 0 Å². The van der Waals surface area contributed by atoms with Gasteiger partial charge in [-0.2, -0.15) is 0 Å². The quantitative estimate of drug-likeness (QED) is 0.582. The number of allylic oxidation sites excluding steroid dienone is 2. The van der Waals surface area contributed by atoms with Crippen LogP contribution in [0.1, 0.15) is 11.1 Å². The summed E-state index contributed by atoms with van der Waals surface area (Å²) in [5, 5.41) is 28.6. The lowest BCUT2D eigenvalue weighted by Crippen LogP contribution is -1.91. The molecule has 0 aromatic heterocycles. The van der Waals surface area contributed by atoms with Crippen molar-refractivity contribution in [2.45, 2.75) is 0 Å². The van der Waals surface area contributed by atoms with Crippen LogP contribution in [-0.2, 0) is 4.79 Å². The van der Waals surface area contributed by atoms with E-state index in [1.807, 2.05) is 0 Å². The number of benzene rings is 2. The first-order chi connectivity index (χ1) is 11.0. The molecule has 23 heavy (non-hydrogen) atoms. The number of ether oxygens (including phenoxy) is 1. The number of hydrogen-bond donors (Lipinski definition) is 3. The van der Waals surface area contributed by atoms with Gasteiger partial charge >= 0.3 is 0 Å². The van der Waals surface area contributed by atoms with Crippen molar-refractivity contribution in [3.8, 4) is 17.2 Å². The molecule has 0 aliphatic heterocycles. The van der Waals surface area contributed by atoms with Gasteiger partial charge in [0.15, 0.2) is 17.3 Å². The average Bonchev–Trinajstić information content (AvgIpc) is 2.54. The number of carbonyl (C=O) groups is 1. The number of hydrogen-bond acceptors (Lipinski definition) is 5. The van der Waals surface area contributed by atoms with Crippen LogP contribution in [0.2, 0.25) is 0 Å². The third-order valence-corrected chi connectivity index (χ3v) is 3.09. The molecule has 0 unspecified atom stereocenters. The van der Waals surface area contributed by atoms with Gasteiger partial charge in [0.1, 0.15) is 11.5 Å². The highest BCUT2D eigenvalue weighted by Crippen LogP contribution is 2.26. The molecule has 0 heterocycles. The van der Waals surface area contributed by atoms with Gasteiger partial charge in [0.25, 0.3) is 0 Å². The second-order valence-electron chi connectivity index (χ2n) is 4.74. The Labute approximate surface area is 133 Å². The second-order valence-corrected chi connectivity index (χ2v) is 4.74. The fourth-order valence-electron chi connectivity index (χ4n) is 1.87. The van der Waals surface area contributed by atoms with Gasteiger partial charge in [-0.25, -0.2) is 0 Å². The number of phenolic OH excluding ortho intramolecular Hbond substituents is 2. The predicted molar refractivity (Wildman–Crippen MR) is 87.4 cm³/mol. The Morgan fingerprint density at radius 2 is 1.78 bits per heavy atom. The number of carbonyl (C=O) groups excluding carboxylic acids is 1. The highest BCUT2D eigenvalue weighted by atomic mass is 16.5. The van der Waals surface area contributed by atoms with Crippen LogP contribution in [0.15, 0.2) is 54.6 Å². The van der Waals surface area contributed by atoms with E-state index in [9.17, 15) is 20.1 Å². The number of aliphatic hydroxyl groups is 1. The van der Waals surface area contributed by atoms with Crippen LogP contribution in [0.25, 0.3) is 11.8 Å². The van der Waals surface area contributed by atoms with Crippen LogP contribution in [0.4, 0.5) is 0 Å². The fraction of sp³-hybridized carbons (Fsp3) is 0.0556. The number of rotatable bonds is 5. The molecule has 3 N–H and O–H groups in total. The Hall–Kier alpha value is -3.21. The maximum absolute atomic E-state index is 11.8. The largest absolute Gasteiger partial charge is 0.508 e. The Morgan fingerprint density at radius 3 is 2.43 bits per heavy atom. The number of ketones is 1. The van der Waals surface area contributed by atoms with E-state index in [0.717, 1.165) is 6.08 Å². The summed E-state index contributed by atoms with van der Waals surface area (Å²) in [4.78, 5) is 11.8. The summed E-state index contributed by atoms with van der Waals surface area (Å²) in [5.74, 6) is -0.192. The Balaban J connectivity index is 2.12. The standard InChI is InChI=1S/C18H16O5/c1-23-18-10-12(3-9-16(18)21)2-6-15(20)11-17(22)13-4-7-14(19)8-5-13/h2-11,19,21-22H,1H3/b6-2+,17-11-. The van der Waals surface area contributed by atoms with Gasteiger partial charge in [-0.15, -0.1) is 0 Å². The molecule has 0 atom stereocenters. The SMILES string of the molecule is COc1cc(/C=C/C(=O)/C=C(\O)c2ccc(O)cc2)ccc1O. The molecule has 0 fully saturated rings. The first-order valence-corrected chi connectivity index (χ1v) is 6.78. The maximum atomic E-state index is 11.8. The average molecular weight is 312 g/mol. The van der Waals surface area contributed by atoms with Crippen LogP contribution in [-0.4, -0.2) is 28.2 Å². The summed E-state index contributed by atoms with van der Waals surface area (Å²) < 4.78 is 4.98. The third kappa shape index (κ3) is 4.38. The van der Waals surface area contributed by atoms with Crippen molar-refractivity contribution in [1.82, 2.24) is 0 Å². The first kappa shape index (κ1) is 16.2. The zero-order chi connectivity index (χ0) is 16.8. The number of aromatic hydroxyl groups is 2. The lowest BCUT2D eigenvalue weighted by atomic mass is 10.1. The number of methoxy groups -OCH3 is 1. The minimum atomic E-state index is -0.400. The Bertz CT molecular complexity index is 757. The third-order valence-electron chi connectivity index (χ3n) is 3.09. The van der Waals surface area contributed by atoms with Crippen molar-refractivity contribution in [3.05, 3.63) is 65.7 Å². The van der Waals surface area contributed by atoms with Crippen LogP contribution in [0, 0.1) is 0 Å². The van der Waals surface area contributed by atoms with Gasteiger partial charge in [-0.05, 0) is 48.0 Å². The lowest BCUT2D eigenvalue weighted by Gasteiger charge is -2.03. The molecular weight excluding hydrogens is 296 g/mol. The first-order valence-electron chi connectivity index (χ1n) is 6.78. The fourth-order valence-corrected chi connectivity index (χ4v) is 1.87. The van der Waals surface area contributed by atoms with Crippen LogP contribution >= 0.6 is 0 Å². The summed E-state index contributed by atoms with van der Waals surface area (Å²) in [6, 6.07) is 10.5. The van der Waals surface area contributed by atoms with E-state index in [1.165, 1.54) is 43.5 Å². The Morgan fingerprint density at radius 1 is 1.09 bits per heavy atom. The molecule has 2 aromatic rings. The molecule has 0 saturated heterocycles. The molecule has 0 aliphatic carbocycles. The van der Waals surface area contributed by atoms with E-state index in [4.69, 9.17) is 4.74 Å². The molecule has 2 rings (SSSR count). The van der Waals surface area contributed by atoms with Crippen molar-refractivity contribution in [3.63, 3.8) is 0 Å². The van der Waals surface area contributed by atoms with Crippen LogP contribution < -0.4 is 4.74 Å². The van der Waals surface area contributed by atoms with Gasteiger partial charge in [-0.1, -0.05) is 12.1 Å². The smallest absolute Gasteiger partial charge is 0.182 e. The van der Waals surface area contributed by atoms with E-state index in [1.54, 1.807) is 18.2 Å². The van der Waals surface area contributed by atoms with E-state index in [0.29, 0.717) is 16.9 Å². The Kier molecular flexibility index (Phi) is 5.04. The maximum Gasteiger partial charge on any atom is 0.182 e. The zero-order valence-electron chi connectivity index (χ0n) is 12.4. The highest BCUT2D eigenvalue weighted by molar-refractivity contribution is 6.05. The minimum absolute atomic E-state index is 0.0147. The minimum Gasteiger partial charge on any atom is -0.508 e. The highest BCUT2D eigenvalue weighted by Gasteiger charge is 2.03. The molecular formula is C18H16O5. The molecule has 0 saturated carbocycles. The summed E-state index contributed by atoms with van der Waals surface area (Å²) in [5.41, 5.74) is 1.10. The number of aliphatic hydroxyl groups excluding tert-OH is 1. The molecule has 0 spiro atoms. The summed E-state index contributed by atoms with van der Waals surface area (Å²) in [6.07, 6.45) is 3.92. The second kappa shape index (κ2) is 7.17.